The van der Waals surface area contributed by atoms with E-state index in [0.717, 1.165) is 21.8 Å². The Labute approximate surface area is 153 Å². The van der Waals surface area contributed by atoms with Crippen molar-refractivity contribution in [1.82, 2.24) is 14.6 Å². The fourth-order valence-electron chi connectivity index (χ4n) is 2.69. The van der Waals surface area contributed by atoms with Gasteiger partial charge in [0.2, 0.25) is 10.1 Å². The Hall–Kier alpha value is -2.77. The third-order valence-electron chi connectivity index (χ3n) is 3.99. The van der Waals surface area contributed by atoms with Crippen LogP contribution in [0.25, 0.3) is 16.2 Å². The Morgan fingerprint density at radius 1 is 1.12 bits per heavy atom. The summed E-state index contributed by atoms with van der Waals surface area (Å²) < 4.78 is 14.7. The van der Waals surface area contributed by atoms with Gasteiger partial charge in [0, 0.05) is 18.5 Å². The summed E-state index contributed by atoms with van der Waals surface area (Å²) in [5.41, 5.74) is 2.69. The van der Waals surface area contributed by atoms with Crippen molar-refractivity contribution < 1.29 is 9.50 Å². The number of hydrogen-bond donors (Lipinski definition) is 2. The predicted molar refractivity (Wildman–Crippen MR) is 101 cm³/mol. The monoisotopic (exact) mass is 368 g/mol. The summed E-state index contributed by atoms with van der Waals surface area (Å²) in [6, 6.07) is 16.1. The van der Waals surface area contributed by atoms with Gasteiger partial charge in [-0.05, 0) is 29.8 Å². The molecular weight excluding hydrogens is 351 g/mol. The number of fused-ring (bicyclic) bond motifs is 1. The van der Waals surface area contributed by atoms with Crippen LogP contribution in [-0.2, 0) is 6.42 Å². The minimum absolute atomic E-state index is 0.270. The minimum atomic E-state index is -0.497. The van der Waals surface area contributed by atoms with E-state index in [9.17, 15) is 9.50 Å². The molecule has 2 heterocycles. The van der Waals surface area contributed by atoms with E-state index in [1.165, 1.54) is 23.5 Å². The fraction of sp³-hybridized carbons (Fsp3) is 0.158. The third-order valence-corrected chi connectivity index (χ3v) is 4.87. The van der Waals surface area contributed by atoms with Gasteiger partial charge in [-0.15, -0.1) is 5.10 Å². The second-order valence-electron chi connectivity index (χ2n) is 5.99. The van der Waals surface area contributed by atoms with Crippen LogP contribution in [0.3, 0.4) is 0 Å². The van der Waals surface area contributed by atoms with E-state index in [1.54, 1.807) is 16.6 Å². The lowest BCUT2D eigenvalue weighted by molar-refractivity contribution is 0.188. The van der Waals surface area contributed by atoms with Crippen LogP contribution in [-0.4, -0.2) is 32.4 Å². The SMILES string of the molecule is OC(CNc1nn2cc(-c3ccc(F)cc3)nc2s1)Cc1ccccc1. The molecule has 132 valence electrons. The maximum atomic E-state index is 13.0. The number of aliphatic hydroxyl groups excluding tert-OH is 1. The van der Waals surface area contributed by atoms with E-state index in [-0.39, 0.29) is 5.82 Å². The van der Waals surface area contributed by atoms with Crippen LogP contribution in [0.4, 0.5) is 9.52 Å². The molecule has 4 aromatic rings. The quantitative estimate of drug-likeness (QED) is 0.546. The van der Waals surface area contributed by atoms with Crippen molar-refractivity contribution in [2.75, 3.05) is 11.9 Å². The maximum absolute atomic E-state index is 13.0. The zero-order valence-corrected chi connectivity index (χ0v) is 14.7. The Kier molecular flexibility index (Phi) is 4.64. The van der Waals surface area contributed by atoms with Crippen LogP contribution in [0.5, 0.6) is 0 Å². The van der Waals surface area contributed by atoms with Crippen molar-refractivity contribution in [2.45, 2.75) is 12.5 Å². The summed E-state index contributed by atoms with van der Waals surface area (Å²) in [7, 11) is 0. The summed E-state index contributed by atoms with van der Waals surface area (Å²) in [6.45, 7) is 0.413. The number of aliphatic hydroxyl groups is 1. The molecule has 0 radical (unpaired) electrons. The molecule has 2 aromatic carbocycles. The Morgan fingerprint density at radius 2 is 1.88 bits per heavy atom. The van der Waals surface area contributed by atoms with Crippen LogP contribution in [0, 0.1) is 5.82 Å². The highest BCUT2D eigenvalue weighted by Gasteiger charge is 2.11. The van der Waals surface area contributed by atoms with Gasteiger partial charge < -0.3 is 10.4 Å². The molecule has 0 spiro atoms. The van der Waals surface area contributed by atoms with Crippen molar-refractivity contribution in [1.29, 1.82) is 0 Å². The molecule has 0 saturated carbocycles. The number of halogens is 1. The van der Waals surface area contributed by atoms with Crippen LogP contribution >= 0.6 is 11.3 Å². The Morgan fingerprint density at radius 3 is 2.62 bits per heavy atom. The smallest absolute Gasteiger partial charge is 0.214 e. The zero-order valence-electron chi connectivity index (χ0n) is 13.8. The van der Waals surface area contributed by atoms with Crippen molar-refractivity contribution >= 4 is 21.4 Å². The molecule has 1 unspecified atom stereocenters. The van der Waals surface area contributed by atoms with E-state index in [2.05, 4.69) is 15.4 Å². The first-order valence-corrected chi connectivity index (χ1v) is 9.07. The number of anilines is 1. The number of rotatable bonds is 6. The number of nitrogens with zero attached hydrogens (tertiary/aromatic N) is 3. The average molecular weight is 368 g/mol. The number of imidazole rings is 1. The lowest BCUT2D eigenvalue weighted by Crippen LogP contribution is -2.21. The molecule has 5 nitrogen and oxygen atoms in total. The Bertz CT molecular complexity index is 966. The van der Waals surface area contributed by atoms with Crippen molar-refractivity contribution in [3.8, 4) is 11.3 Å². The zero-order chi connectivity index (χ0) is 17.9. The molecule has 2 aromatic heterocycles. The molecule has 26 heavy (non-hydrogen) atoms. The molecule has 4 rings (SSSR count). The normalized spacial score (nSPS) is 12.4. The molecule has 0 aliphatic carbocycles. The minimum Gasteiger partial charge on any atom is -0.391 e. The van der Waals surface area contributed by atoms with E-state index < -0.39 is 6.10 Å². The Balaban J connectivity index is 1.40. The van der Waals surface area contributed by atoms with Gasteiger partial charge in [-0.25, -0.2) is 13.9 Å². The van der Waals surface area contributed by atoms with Gasteiger partial charge in [0.1, 0.15) is 5.82 Å². The van der Waals surface area contributed by atoms with Crippen LogP contribution in [0.2, 0.25) is 0 Å². The molecule has 0 amide bonds. The molecule has 2 N–H and O–H groups in total. The number of nitrogens with one attached hydrogen (secondary N) is 1. The number of benzene rings is 2. The third kappa shape index (κ3) is 3.74. The molecule has 0 bridgehead atoms. The first kappa shape index (κ1) is 16.7. The van der Waals surface area contributed by atoms with Crippen molar-refractivity contribution in [3.63, 3.8) is 0 Å². The van der Waals surface area contributed by atoms with Gasteiger partial charge in [0.05, 0.1) is 18.0 Å². The average Bonchev–Trinajstić information content (AvgIpc) is 3.20. The van der Waals surface area contributed by atoms with Gasteiger partial charge in [-0.2, -0.15) is 0 Å². The molecule has 0 aliphatic rings. The maximum Gasteiger partial charge on any atom is 0.214 e. The highest BCUT2D eigenvalue weighted by molar-refractivity contribution is 7.20. The van der Waals surface area contributed by atoms with Gasteiger partial charge in [0.25, 0.3) is 0 Å². The number of aromatic nitrogens is 3. The largest absolute Gasteiger partial charge is 0.391 e. The van der Waals surface area contributed by atoms with Crippen molar-refractivity contribution in [3.05, 3.63) is 72.2 Å². The molecule has 7 heteroatoms. The van der Waals surface area contributed by atoms with Gasteiger partial charge in [0.15, 0.2) is 0 Å². The van der Waals surface area contributed by atoms with Gasteiger partial charge in [-0.1, -0.05) is 41.7 Å². The van der Waals surface area contributed by atoms with Crippen molar-refractivity contribution in [2.24, 2.45) is 0 Å². The second kappa shape index (κ2) is 7.23. The molecule has 1 atom stereocenters. The summed E-state index contributed by atoms with van der Waals surface area (Å²) >= 11 is 1.41. The predicted octanol–water partition coefficient (Wildman–Crippen LogP) is 3.61. The van der Waals surface area contributed by atoms with Crippen LogP contribution < -0.4 is 5.32 Å². The van der Waals surface area contributed by atoms with Crippen LogP contribution in [0.1, 0.15) is 5.56 Å². The topological polar surface area (TPSA) is 62.5 Å². The van der Waals surface area contributed by atoms with E-state index >= 15 is 0 Å². The molecule has 0 saturated heterocycles. The van der Waals surface area contributed by atoms with E-state index in [1.807, 2.05) is 36.5 Å². The molecule has 0 fully saturated rings. The number of hydrogen-bond acceptors (Lipinski definition) is 5. The second-order valence-corrected chi connectivity index (χ2v) is 6.95. The summed E-state index contributed by atoms with van der Waals surface area (Å²) in [6.07, 6.45) is 1.90. The van der Waals surface area contributed by atoms with E-state index in [4.69, 9.17) is 0 Å². The fourth-order valence-corrected chi connectivity index (χ4v) is 3.48. The van der Waals surface area contributed by atoms with Crippen LogP contribution in [0.15, 0.2) is 60.8 Å². The highest BCUT2D eigenvalue weighted by atomic mass is 32.1. The standard InChI is InChI=1S/C19H17FN4OS/c20-15-8-6-14(7-9-15)17-12-24-19(22-17)26-18(23-24)21-11-16(25)10-13-4-2-1-3-5-13/h1-9,12,16,25H,10-11H2,(H,21,23). The summed E-state index contributed by atoms with van der Waals surface area (Å²) in [5.74, 6) is -0.270. The summed E-state index contributed by atoms with van der Waals surface area (Å²) in [5, 5.41) is 18.5. The van der Waals surface area contributed by atoms with Gasteiger partial charge >= 0.3 is 0 Å². The first-order valence-electron chi connectivity index (χ1n) is 8.25. The first-order chi connectivity index (χ1) is 12.7. The van der Waals surface area contributed by atoms with Gasteiger partial charge in [-0.3, -0.25) is 0 Å². The summed E-state index contributed by atoms with van der Waals surface area (Å²) in [4.78, 5) is 5.26. The lowest BCUT2D eigenvalue weighted by Gasteiger charge is -2.10. The molecular formula is C19H17FN4OS. The molecule has 0 aliphatic heterocycles. The van der Waals surface area contributed by atoms with E-state index in [0.29, 0.717) is 18.1 Å². The highest BCUT2D eigenvalue weighted by Crippen LogP contribution is 2.24. The lowest BCUT2D eigenvalue weighted by atomic mass is 10.1.